The Morgan fingerprint density at radius 2 is 1.87 bits per heavy atom. The third-order valence-electron chi connectivity index (χ3n) is 11.6. The second-order valence-corrected chi connectivity index (χ2v) is 23.8. The summed E-state index contributed by atoms with van der Waals surface area (Å²) in [6, 6.07) is 7.10. The fraction of sp³-hybridized carbons (Fsp3) is 0.478. The van der Waals surface area contributed by atoms with Crippen LogP contribution in [0.2, 0.25) is 0 Å². The van der Waals surface area contributed by atoms with E-state index >= 15 is 0 Å². The van der Waals surface area contributed by atoms with Crippen molar-refractivity contribution in [1.82, 2.24) is 20.6 Å². The van der Waals surface area contributed by atoms with Crippen LogP contribution in [0.3, 0.4) is 0 Å². The van der Waals surface area contributed by atoms with Gasteiger partial charge in [-0.05, 0) is 104 Å². The fourth-order valence-corrected chi connectivity index (χ4v) is 9.49. The fourth-order valence-electron chi connectivity index (χ4n) is 8.59. The van der Waals surface area contributed by atoms with Crippen LogP contribution in [0.5, 0.6) is 5.75 Å². The molecule has 5 N–H and O–H groups in total. The van der Waals surface area contributed by atoms with Gasteiger partial charge in [-0.3, -0.25) is 19.9 Å². The normalized spacial score (nSPS) is 30.0. The Hall–Kier alpha value is -4.53. The number of aromatic amines is 1. The molecule has 4 heterocycles. The number of nitrogens with one attached hydrogen (secondary N) is 3. The second-order valence-electron chi connectivity index (χ2n) is 16.6. The molecule has 7 rings (SSSR count). The molecule has 2 aromatic heterocycles. The number of methoxy groups -OCH3 is 1. The molecule has 2 aliphatic heterocycles. The van der Waals surface area contributed by atoms with Crippen LogP contribution in [0.15, 0.2) is 65.5 Å². The molecular formula is C46H52N4O10S3. The van der Waals surface area contributed by atoms with E-state index < -0.39 is 74.3 Å². The lowest BCUT2D eigenvalue weighted by Crippen LogP contribution is -2.53. The van der Waals surface area contributed by atoms with Crippen molar-refractivity contribution < 1.29 is 48.3 Å². The Morgan fingerprint density at radius 3 is 2.60 bits per heavy atom. The van der Waals surface area contributed by atoms with Gasteiger partial charge in [0, 0.05) is 52.3 Å². The number of allylic oxidation sites excluding steroid dienone is 3. The number of benzene rings is 1. The smallest absolute Gasteiger partial charge is 0.411 e. The van der Waals surface area contributed by atoms with Crippen molar-refractivity contribution >= 4 is 69.0 Å². The number of phenolic OH excluding ortho intramolecular Hbond substituents is 1. The highest BCUT2D eigenvalue weighted by molar-refractivity contribution is 8.56. The highest BCUT2D eigenvalue weighted by atomic mass is 33.1. The van der Waals surface area contributed by atoms with Crippen molar-refractivity contribution in [3.63, 3.8) is 0 Å². The van der Waals surface area contributed by atoms with Crippen molar-refractivity contribution in [3.05, 3.63) is 71.2 Å². The number of H-pyrrole nitrogens is 1. The third kappa shape index (κ3) is 10.7. The molecule has 2 aliphatic carbocycles. The Labute approximate surface area is 376 Å². The number of fused-ring (bicyclic) bond motifs is 4. The van der Waals surface area contributed by atoms with E-state index in [9.17, 15) is 24.6 Å². The van der Waals surface area contributed by atoms with E-state index in [2.05, 4.69) is 58.1 Å². The number of amides is 1. The highest BCUT2D eigenvalue weighted by Gasteiger charge is 2.47. The van der Waals surface area contributed by atoms with Gasteiger partial charge in [-0.25, -0.2) is 4.79 Å². The molecule has 10 atom stereocenters. The summed E-state index contributed by atoms with van der Waals surface area (Å²) in [5.74, 6) is 9.74. The van der Waals surface area contributed by atoms with Gasteiger partial charge in [-0.1, -0.05) is 50.8 Å². The molecule has 0 bridgehead atoms. The number of aromatic nitrogens is 2. The van der Waals surface area contributed by atoms with Crippen molar-refractivity contribution in [2.45, 2.75) is 109 Å². The van der Waals surface area contributed by atoms with E-state index in [4.69, 9.17) is 46.1 Å². The van der Waals surface area contributed by atoms with Gasteiger partial charge in [-0.15, -0.1) is 0 Å². The molecule has 0 spiro atoms. The number of ketones is 2. The number of carbonyl (C=O) groups is 3. The first kappa shape index (κ1) is 46.5. The van der Waals surface area contributed by atoms with Gasteiger partial charge in [0.15, 0.2) is 24.1 Å². The van der Waals surface area contributed by atoms with Crippen LogP contribution in [0.25, 0.3) is 21.8 Å². The van der Waals surface area contributed by atoms with Crippen molar-refractivity contribution in [1.29, 1.82) is 0 Å². The maximum absolute atomic E-state index is 14.7. The topological polar surface area (TPSA) is 191 Å². The van der Waals surface area contributed by atoms with Crippen LogP contribution in [-0.4, -0.2) is 112 Å². The number of aromatic hydroxyl groups is 1. The zero-order valence-electron chi connectivity index (χ0n) is 35.8. The van der Waals surface area contributed by atoms with Gasteiger partial charge in [0.25, 0.3) is 0 Å². The minimum Gasteiger partial charge on any atom is -0.508 e. The molecule has 3 aromatic rings. The Balaban J connectivity index is 1.29. The lowest BCUT2D eigenvalue weighted by molar-refractivity contribution is -0.309. The van der Waals surface area contributed by atoms with Crippen LogP contribution in [0.4, 0.5) is 4.79 Å². The summed E-state index contributed by atoms with van der Waals surface area (Å²) in [6.07, 6.45) is 2.03. The maximum Gasteiger partial charge on any atom is 0.411 e. The van der Waals surface area contributed by atoms with Gasteiger partial charge >= 0.3 is 6.09 Å². The third-order valence-corrected chi connectivity index (χ3v) is 13.2. The summed E-state index contributed by atoms with van der Waals surface area (Å²) < 4.78 is 31.7. The van der Waals surface area contributed by atoms with E-state index in [1.54, 1.807) is 49.7 Å². The molecule has 1 amide bonds. The van der Waals surface area contributed by atoms with E-state index in [0.717, 1.165) is 22.7 Å². The Morgan fingerprint density at radius 1 is 1.10 bits per heavy atom. The summed E-state index contributed by atoms with van der Waals surface area (Å²) in [6.45, 7) is 7.93. The number of pyridine rings is 1. The zero-order valence-corrected chi connectivity index (χ0v) is 38.3. The number of phenols is 1. The molecule has 2 fully saturated rings. The van der Waals surface area contributed by atoms with Crippen molar-refractivity contribution in [3.8, 4) is 29.4 Å². The van der Waals surface area contributed by atoms with E-state index in [1.807, 2.05) is 6.92 Å². The first-order valence-electron chi connectivity index (χ1n) is 20.9. The highest BCUT2D eigenvalue weighted by Crippen LogP contribution is 2.40. The quantitative estimate of drug-likeness (QED) is 0.100. The van der Waals surface area contributed by atoms with Crippen molar-refractivity contribution in [2.75, 3.05) is 19.1 Å². The SMILES string of the molecule is COC(=O)NC1=C2C#C/C=C\C#C[C@H](OC3OC(C)C(C(=O)c4nccc5c4[nH]c4ccc(O)cc45)CC3OC3CCC(NC(C)C)C(C)O3)C2/C(=C\CS(C)(=S)=S)[C@@H](O)CC1=O. The van der Waals surface area contributed by atoms with Gasteiger partial charge in [0.1, 0.15) is 23.7 Å². The first-order valence-corrected chi connectivity index (χ1v) is 24.9. The molecule has 334 valence electrons. The zero-order chi connectivity index (χ0) is 45.2. The Kier molecular flexibility index (Phi) is 14.5. The standard InChI is InChI=1S/C46H52N4O10S3/c1-24(2)48-33-15-16-39(57-26(33)4)59-38-22-31(44(54)43-42-28(17-19-47-43)32-21-27(51)13-14-34(32)49-42)25(3)58-45(38)60-37-12-10-8-7-9-11-30-40(37)29(18-20-63(6,61)62)35(52)23-36(53)41(30)50-46(55)56-5/h7-8,13-14,17-19,21,24-26,31,33,35,37-40,45,48-49,51-52H,15-16,20,22-23H2,1-6H3,(H,50,55)/b8-7-,29-18-/t25?,26?,31?,33?,35-,37-,38?,39?,40?,45?/m0/s1. The molecule has 0 saturated carbocycles. The number of aliphatic hydroxyl groups is 1. The van der Waals surface area contributed by atoms with Crippen LogP contribution in [0.1, 0.15) is 63.9 Å². The molecular weight excluding hydrogens is 865 g/mol. The van der Waals surface area contributed by atoms with Gasteiger partial charge in [0.05, 0.1) is 48.5 Å². The lowest BCUT2D eigenvalue weighted by Gasteiger charge is -2.43. The van der Waals surface area contributed by atoms with Crippen LogP contribution >= 0.6 is 0 Å². The molecule has 1 aromatic carbocycles. The molecule has 0 radical (unpaired) electrons. The predicted molar refractivity (Wildman–Crippen MR) is 245 cm³/mol. The van der Waals surface area contributed by atoms with E-state index in [-0.39, 0.29) is 58.9 Å². The lowest BCUT2D eigenvalue weighted by atomic mass is 9.83. The summed E-state index contributed by atoms with van der Waals surface area (Å²) in [4.78, 5) is 49.1. The molecule has 8 unspecified atom stereocenters. The van der Waals surface area contributed by atoms with E-state index in [0.29, 0.717) is 17.5 Å². The summed E-state index contributed by atoms with van der Waals surface area (Å²) >= 11 is 11.2. The first-order chi connectivity index (χ1) is 30.0. The molecule has 14 nitrogen and oxygen atoms in total. The van der Waals surface area contributed by atoms with E-state index in [1.165, 1.54) is 19.3 Å². The van der Waals surface area contributed by atoms with Gasteiger partial charge < -0.3 is 44.2 Å². The largest absolute Gasteiger partial charge is 0.508 e. The van der Waals surface area contributed by atoms with Gasteiger partial charge in [-0.2, -0.15) is 0 Å². The summed E-state index contributed by atoms with van der Waals surface area (Å²) in [5, 5.41) is 29.6. The molecule has 63 heavy (non-hydrogen) atoms. The maximum atomic E-state index is 14.7. The minimum absolute atomic E-state index is 0.0955. The second kappa shape index (κ2) is 19.7. The van der Waals surface area contributed by atoms with Crippen molar-refractivity contribution in [2.24, 2.45) is 11.8 Å². The number of aliphatic hydroxyl groups excluding tert-OH is 1. The summed E-state index contributed by atoms with van der Waals surface area (Å²) in [5.41, 5.74) is 1.79. The number of rotatable bonds is 11. The number of Topliss-reactive ketones (excluding diaryl/α,β-unsaturated/α-hetero) is 2. The number of hydrogen-bond acceptors (Lipinski definition) is 14. The molecule has 17 heteroatoms. The average molecular weight is 917 g/mol. The molecule has 2 saturated heterocycles. The molecule has 4 aliphatic rings. The average Bonchev–Trinajstić information content (AvgIpc) is 3.60. The number of carbonyl (C=O) groups excluding carboxylic acids is 3. The number of hydrogen-bond donors (Lipinski definition) is 5. The van der Waals surface area contributed by atoms with Crippen LogP contribution in [-0.2, 0) is 58.0 Å². The number of alkyl carbamates (subject to hydrolysis) is 1. The van der Waals surface area contributed by atoms with Crippen LogP contribution in [0, 0.1) is 35.5 Å². The van der Waals surface area contributed by atoms with Crippen LogP contribution < -0.4 is 10.6 Å². The van der Waals surface area contributed by atoms with Gasteiger partial charge in [0.2, 0.25) is 0 Å². The Bertz CT molecular complexity index is 2620. The summed E-state index contributed by atoms with van der Waals surface area (Å²) in [7, 11) is -0.802. The minimum atomic E-state index is -1.97. The monoisotopic (exact) mass is 916 g/mol. The number of nitrogens with zero attached hydrogens (tertiary/aromatic N) is 1. The number of ether oxygens (including phenoxy) is 5. The predicted octanol–water partition coefficient (Wildman–Crippen LogP) is 4.79.